The molecule has 0 aliphatic carbocycles. The number of nitrogens with one attached hydrogen (secondary N) is 2. The number of rotatable bonds is 9. The highest BCUT2D eigenvalue weighted by Gasteiger charge is 2.35. The van der Waals surface area contributed by atoms with Gasteiger partial charge in [-0.15, -0.1) is 0 Å². The van der Waals surface area contributed by atoms with E-state index in [1.807, 2.05) is 37.3 Å². The van der Waals surface area contributed by atoms with Gasteiger partial charge in [-0.3, -0.25) is 9.59 Å². The number of ether oxygens (including phenoxy) is 1. The van der Waals surface area contributed by atoms with Crippen LogP contribution in [-0.2, 0) is 20.9 Å². The van der Waals surface area contributed by atoms with Crippen LogP contribution >= 0.6 is 0 Å². The van der Waals surface area contributed by atoms with E-state index in [1.54, 1.807) is 12.1 Å². The Balaban J connectivity index is 1.46. The Morgan fingerprint density at radius 3 is 2.73 bits per heavy atom. The van der Waals surface area contributed by atoms with Gasteiger partial charge >= 0.3 is 5.97 Å². The van der Waals surface area contributed by atoms with Crippen LogP contribution in [0, 0.1) is 11.7 Å². The molecular weight excluding hydrogens is 383 g/mol. The number of carbonyl (C=O) groups excluding carboxylic acids is 2. The molecular formula is C24H29FN2O3. The van der Waals surface area contributed by atoms with Gasteiger partial charge in [-0.05, 0) is 37.0 Å². The van der Waals surface area contributed by atoms with Gasteiger partial charge < -0.3 is 15.4 Å². The van der Waals surface area contributed by atoms with Crippen LogP contribution in [-0.4, -0.2) is 30.5 Å². The second-order valence-electron chi connectivity index (χ2n) is 7.85. The maximum absolute atomic E-state index is 14.4. The van der Waals surface area contributed by atoms with Crippen LogP contribution in [0.1, 0.15) is 38.7 Å². The van der Waals surface area contributed by atoms with Crippen molar-refractivity contribution in [3.63, 3.8) is 0 Å². The number of esters is 1. The molecule has 5 nitrogen and oxygen atoms in total. The van der Waals surface area contributed by atoms with Gasteiger partial charge in [0.25, 0.3) is 0 Å². The first-order valence-electron chi connectivity index (χ1n) is 10.5. The van der Waals surface area contributed by atoms with Crippen LogP contribution in [0.15, 0.2) is 48.5 Å². The Bertz CT molecular complexity index is 872. The Morgan fingerprint density at radius 2 is 2.03 bits per heavy atom. The third-order valence-corrected chi connectivity index (χ3v) is 5.55. The van der Waals surface area contributed by atoms with Crippen molar-refractivity contribution in [1.82, 2.24) is 10.6 Å². The van der Waals surface area contributed by atoms with E-state index in [0.29, 0.717) is 11.1 Å². The second kappa shape index (κ2) is 10.3. The second-order valence-corrected chi connectivity index (χ2v) is 7.85. The fourth-order valence-corrected chi connectivity index (χ4v) is 3.85. The van der Waals surface area contributed by atoms with Crippen molar-refractivity contribution in [2.24, 2.45) is 5.92 Å². The smallest absolute Gasteiger partial charge is 0.320 e. The first-order valence-corrected chi connectivity index (χ1v) is 10.5. The van der Waals surface area contributed by atoms with Crippen LogP contribution in [0.4, 0.5) is 4.39 Å². The Morgan fingerprint density at radius 1 is 1.27 bits per heavy atom. The van der Waals surface area contributed by atoms with E-state index >= 15 is 0 Å². The normalized spacial score (nSPS) is 19.4. The molecule has 0 bridgehead atoms. The molecule has 6 heteroatoms. The van der Waals surface area contributed by atoms with Crippen molar-refractivity contribution in [3.8, 4) is 11.1 Å². The van der Waals surface area contributed by atoms with Gasteiger partial charge in [0.1, 0.15) is 12.4 Å². The molecule has 3 unspecified atom stereocenters. The summed E-state index contributed by atoms with van der Waals surface area (Å²) in [6.07, 6.45) is 2.78. The summed E-state index contributed by atoms with van der Waals surface area (Å²) >= 11 is 0. The maximum Gasteiger partial charge on any atom is 0.320 e. The summed E-state index contributed by atoms with van der Waals surface area (Å²) < 4.78 is 19.7. The first-order chi connectivity index (χ1) is 14.5. The summed E-state index contributed by atoms with van der Waals surface area (Å²) in [5.74, 6) is -0.891. The van der Waals surface area contributed by atoms with E-state index in [1.165, 1.54) is 6.07 Å². The van der Waals surface area contributed by atoms with Gasteiger partial charge in [0.2, 0.25) is 5.91 Å². The number of halogens is 1. The molecule has 1 aliphatic heterocycles. The number of hydrogen-bond acceptors (Lipinski definition) is 4. The lowest BCUT2D eigenvalue weighted by atomic mass is 9.96. The van der Waals surface area contributed by atoms with Crippen molar-refractivity contribution in [2.45, 2.75) is 51.8 Å². The van der Waals surface area contributed by atoms with Crippen LogP contribution in [0.5, 0.6) is 0 Å². The van der Waals surface area contributed by atoms with Crippen LogP contribution in [0.3, 0.4) is 0 Å². The van der Waals surface area contributed by atoms with E-state index in [0.717, 1.165) is 24.8 Å². The third kappa shape index (κ3) is 5.66. The summed E-state index contributed by atoms with van der Waals surface area (Å²) in [4.78, 5) is 24.2. The zero-order valence-corrected chi connectivity index (χ0v) is 17.5. The number of carbonyl (C=O) groups is 2. The highest BCUT2D eigenvalue weighted by molar-refractivity contribution is 5.82. The third-order valence-electron chi connectivity index (χ3n) is 5.55. The number of amides is 1. The lowest BCUT2D eigenvalue weighted by Crippen LogP contribution is -2.40. The van der Waals surface area contributed by atoms with Gasteiger partial charge in [0.15, 0.2) is 0 Å². The summed E-state index contributed by atoms with van der Waals surface area (Å²) in [6, 6.07) is 14.2. The molecule has 30 heavy (non-hydrogen) atoms. The fourth-order valence-electron chi connectivity index (χ4n) is 3.85. The van der Waals surface area contributed by atoms with Crippen LogP contribution in [0.2, 0.25) is 0 Å². The average Bonchev–Trinajstić information content (AvgIpc) is 3.11. The molecule has 1 fully saturated rings. The molecule has 2 aromatic rings. The van der Waals surface area contributed by atoms with E-state index in [4.69, 9.17) is 4.74 Å². The molecule has 160 valence electrons. The fraction of sp³-hybridized carbons (Fsp3) is 0.417. The van der Waals surface area contributed by atoms with Gasteiger partial charge in [-0.1, -0.05) is 55.8 Å². The number of benzene rings is 2. The zero-order chi connectivity index (χ0) is 21.5. The van der Waals surface area contributed by atoms with E-state index in [9.17, 15) is 14.0 Å². The zero-order valence-electron chi connectivity index (χ0n) is 17.5. The molecule has 1 heterocycles. The molecule has 0 saturated carbocycles. The molecule has 1 amide bonds. The van der Waals surface area contributed by atoms with E-state index in [-0.39, 0.29) is 42.9 Å². The summed E-state index contributed by atoms with van der Waals surface area (Å²) in [6.45, 7) is 4.01. The maximum atomic E-state index is 14.4. The Labute approximate surface area is 177 Å². The highest BCUT2D eigenvalue weighted by atomic mass is 19.1. The Hall–Kier alpha value is -2.73. The van der Waals surface area contributed by atoms with Crippen LogP contribution in [0.25, 0.3) is 11.1 Å². The quantitative estimate of drug-likeness (QED) is 0.615. The lowest BCUT2D eigenvalue weighted by Gasteiger charge is -2.18. The molecule has 3 rings (SSSR count). The molecule has 1 aliphatic rings. The lowest BCUT2D eigenvalue weighted by molar-refractivity contribution is -0.144. The average molecular weight is 413 g/mol. The minimum atomic E-state index is -0.432. The van der Waals surface area contributed by atoms with Crippen LogP contribution < -0.4 is 10.6 Å². The van der Waals surface area contributed by atoms with E-state index < -0.39 is 5.97 Å². The molecule has 0 aromatic heterocycles. The SMILES string of the molecule is CCCC1CC(C(C)NCC(=O)OCc2ccc(-c3ccccc3)c(F)c2)C(=O)N1. The number of hydrogen-bond donors (Lipinski definition) is 2. The topological polar surface area (TPSA) is 67.4 Å². The monoisotopic (exact) mass is 412 g/mol. The summed E-state index contributed by atoms with van der Waals surface area (Å²) in [5, 5.41) is 6.10. The minimum absolute atomic E-state index is 0.00335. The highest BCUT2D eigenvalue weighted by Crippen LogP contribution is 2.24. The van der Waals surface area contributed by atoms with Gasteiger partial charge in [0.05, 0.1) is 12.5 Å². The Kier molecular flexibility index (Phi) is 7.57. The molecule has 3 atom stereocenters. The predicted octanol–water partition coefficient (Wildman–Crippen LogP) is 3.82. The van der Waals surface area contributed by atoms with Crippen molar-refractivity contribution < 1.29 is 18.7 Å². The molecule has 2 aromatic carbocycles. The standard InChI is InChI=1S/C24H29FN2O3/c1-3-7-19-13-21(24(29)27-19)16(2)26-14-23(28)30-15-17-10-11-20(22(25)12-17)18-8-5-4-6-9-18/h4-6,8-12,16,19,21,26H,3,7,13-15H2,1-2H3,(H,27,29). The van der Waals surface area contributed by atoms with Gasteiger partial charge in [-0.25, -0.2) is 4.39 Å². The minimum Gasteiger partial charge on any atom is -0.460 e. The van der Waals surface area contributed by atoms with Gasteiger partial charge in [-0.2, -0.15) is 0 Å². The van der Waals surface area contributed by atoms with Crippen molar-refractivity contribution in [3.05, 3.63) is 59.9 Å². The molecule has 1 saturated heterocycles. The molecule has 0 spiro atoms. The largest absolute Gasteiger partial charge is 0.460 e. The van der Waals surface area contributed by atoms with Crippen molar-refractivity contribution in [2.75, 3.05) is 6.54 Å². The summed E-state index contributed by atoms with van der Waals surface area (Å²) in [5.41, 5.74) is 1.90. The van der Waals surface area contributed by atoms with Gasteiger partial charge in [0, 0.05) is 17.6 Å². The first kappa shape index (κ1) is 22.0. The van der Waals surface area contributed by atoms with E-state index in [2.05, 4.69) is 17.6 Å². The van der Waals surface area contributed by atoms with Crippen molar-refractivity contribution in [1.29, 1.82) is 0 Å². The molecule has 0 radical (unpaired) electrons. The predicted molar refractivity (Wildman–Crippen MR) is 114 cm³/mol. The summed E-state index contributed by atoms with van der Waals surface area (Å²) in [7, 11) is 0. The van der Waals surface area contributed by atoms with Crippen molar-refractivity contribution >= 4 is 11.9 Å². The molecule has 2 N–H and O–H groups in total.